The van der Waals surface area contributed by atoms with Crippen molar-refractivity contribution >= 4 is 0 Å². The first kappa shape index (κ1) is 9.79. The van der Waals surface area contributed by atoms with Gasteiger partial charge < -0.3 is 4.48 Å². The van der Waals surface area contributed by atoms with Gasteiger partial charge in [0.25, 0.3) is 0 Å². The zero-order chi connectivity index (χ0) is 9.35. The highest BCUT2D eigenvalue weighted by molar-refractivity contribution is 5.06. The van der Waals surface area contributed by atoms with E-state index in [9.17, 15) is 0 Å². The van der Waals surface area contributed by atoms with Gasteiger partial charge in [0, 0.05) is 5.92 Å². The second kappa shape index (κ2) is 3.21. The fraction of sp³-hybridized carbons (Fsp3) is 0.818. The fourth-order valence-electron chi connectivity index (χ4n) is 2.24. The molecule has 0 saturated heterocycles. The summed E-state index contributed by atoms with van der Waals surface area (Å²) in [6, 6.07) is 0. The van der Waals surface area contributed by atoms with Crippen LogP contribution in [-0.2, 0) is 0 Å². The zero-order valence-corrected chi connectivity index (χ0v) is 8.93. The molecule has 0 N–H and O–H groups in total. The van der Waals surface area contributed by atoms with Crippen molar-refractivity contribution in [3.05, 3.63) is 12.2 Å². The fourth-order valence-corrected chi connectivity index (χ4v) is 2.24. The van der Waals surface area contributed by atoms with Crippen LogP contribution >= 0.6 is 0 Å². The highest BCUT2D eigenvalue weighted by atomic mass is 15.3. The van der Waals surface area contributed by atoms with Gasteiger partial charge in [-0.3, -0.25) is 0 Å². The number of hydrogen-bond donors (Lipinski definition) is 0. The summed E-state index contributed by atoms with van der Waals surface area (Å²) in [4.78, 5) is 0. The standard InChI is InChI=1S/C11H22N/c1-9-6-11(7-10(9)2)8-12(3,4)5/h10-11H,1,6-8H2,2-5H3/q+1/t10-,11+/m0/s1. The lowest BCUT2D eigenvalue weighted by atomic mass is 10.1. The van der Waals surface area contributed by atoms with Gasteiger partial charge in [-0.25, -0.2) is 0 Å². The van der Waals surface area contributed by atoms with Crippen molar-refractivity contribution in [1.82, 2.24) is 0 Å². The number of rotatable bonds is 2. The lowest BCUT2D eigenvalue weighted by molar-refractivity contribution is -0.873. The summed E-state index contributed by atoms with van der Waals surface area (Å²) in [5.41, 5.74) is 1.47. The minimum absolute atomic E-state index is 0.765. The molecule has 1 aliphatic carbocycles. The molecule has 0 radical (unpaired) electrons. The van der Waals surface area contributed by atoms with E-state index in [2.05, 4.69) is 34.6 Å². The van der Waals surface area contributed by atoms with Crippen molar-refractivity contribution in [2.45, 2.75) is 19.8 Å². The van der Waals surface area contributed by atoms with Gasteiger partial charge in [-0.15, -0.1) is 0 Å². The highest BCUT2D eigenvalue weighted by Gasteiger charge is 2.28. The molecule has 0 heterocycles. The van der Waals surface area contributed by atoms with Gasteiger partial charge in [-0.1, -0.05) is 19.1 Å². The number of quaternary nitrogens is 1. The third-order valence-electron chi connectivity index (χ3n) is 2.74. The third-order valence-corrected chi connectivity index (χ3v) is 2.74. The molecular weight excluding hydrogens is 146 g/mol. The van der Waals surface area contributed by atoms with E-state index < -0.39 is 0 Å². The van der Waals surface area contributed by atoms with E-state index in [0.717, 1.165) is 16.3 Å². The van der Waals surface area contributed by atoms with Crippen molar-refractivity contribution in [3.8, 4) is 0 Å². The van der Waals surface area contributed by atoms with Crippen LogP contribution in [0.15, 0.2) is 12.2 Å². The molecule has 1 nitrogen and oxygen atoms in total. The van der Waals surface area contributed by atoms with Crippen LogP contribution in [0.2, 0.25) is 0 Å². The first-order valence-electron chi connectivity index (χ1n) is 4.86. The summed E-state index contributed by atoms with van der Waals surface area (Å²) in [7, 11) is 6.81. The first-order chi connectivity index (χ1) is 5.38. The van der Waals surface area contributed by atoms with Crippen molar-refractivity contribution in [2.75, 3.05) is 27.7 Å². The molecular formula is C11H22N+. The molecule has 0 unspecified atom stereocenters. The van der Waals surface area contributed by atoms with Crippen LogP contribution in [0.3, 0.4) is 0 Å². The van der Waals surface area contributed by atoms with Crippen LogP contribution in [0, 0.1) is 11.8 Å². The molecule has 0 aromatic carbocycles. The molecule has 0 spiro atoms. The van der Waals surface area contributed by atoms with Crippen molar-refractivity contribution in [2.24, 2.45) is 11.8 Å². The van der Waals surface area contributed by atoms with Crippen LogP contribution in [0.4, 0.5) is 0 Å². The molecule has 12 heavy (non-hydrogen) atoms. The predicted octanol–water partition coefficient (Wildman–Crippen LogP) is 2.29. The molecule has 70 valence electrons. The Morgan fingerprint density at radius 3 is 2.33 bits per heavy atom. The van der Waals surface area contributed by atoms with Gasteiger partial charge >= 0.3 is 0 Å². The Morgan fingerprint density at radius 2 is 2.00 bits per heavy atom. The van der Waals surface area contributed by atoms with E-state index in [4.69, 9.17) is 0 Å². The molecule has 0 aromatic heterocycles. The normalized spacial score (nSPS) is 31.2. The lowest BCUT2D eigenvalue weighted by Gasteiger charge is -2.27. The zero-order valence-electron chi connectivity index (χ0n) is 8.93. The molecule has 0 aliphatic heterocycles. The van der Waals surface area contributed by atoms with Crippen LogP contribution in [0.5, 0.6) is 0 Å². The molecule has 1 fully saturated rings. The smallest absolute Gasteiger partial charge is 0.0812 e. The van der Waals surface area contributed by atoms with Gasteiger partial charge in [0.2, 0.25) is 0 Å². The average molecular weight is 168 g/mol. The topological polar surface area (TPSA) is 0 Å². The van der Waals surface area contributed by atoms with Crippen LogP contribution < -0.4 is 0 Å². The number of hydrogen-bond acceptors (Lipinski definition) is 0. The van der Waals surface area contributed by atoms with Gasteiger partial charge in [-0.05, 0) is 18.8 Å². The molecule has 0 bridgehead atoms. The largest absolute Gasteiger partial charge is 0.331 e. The molecule has 1 rings (SSSR count). The van der Waals surface area contributed by atoms with Crippen molar-refractivity contribution in [1.29, 1.82) is 0 Å². The maximum atomic E-state index is 4.11. The lowest BCUT2D eigenvalue weighted by Crippen LogP contribution is -2.38. The van der Waals surface area contributed by atoms with E-state index in [0.29, 0.717) is 0 Å². The average Bonchev–Trinajstić information content (AvgIpc) is 2.07. The molecule has 0 aromatic rings. The van der Waals surface area contributed by atoms with E-state index in [-0.39, 0.29) is 0 Å². The van der Waals surface area contributed by atoms with E-state index in [1.165, 1.54) is 25.0 Å². The van der Waals surface area contributed by atoms with E-state index >= 15 is 0 Å². The maximum Gasteiger partial charge on any atom is 0.0812 e. The first-order valence-corrected chi connectivity index (χ1v) is 4.86. The van der Waals surface area contributed by atoms with Gasteiger partial charge in [-0.2, -0.15) is 0 Å². The number of nitrogens with zero attached hydrogens (tertiary/aromatic N) is 1. The Bertz CT molecular complexity index is 176. The van der Waals surface area contributed by atoms with Crippen molar-refractivity contribution < 1.29 is 4.48 Å². The van der Waals surface area contributed by atoms with Crippen molar-refractivity contribution in [3.63, 3.8) is 0 Å². The Balaban J connectivity index is 2.43. The summed E-state index contributed by atoms with van der Waals surface area (Å²) in [5, 5.41) is 0. The third kappa shape index (κ3) is 2.63. The summed E-state index contributed by atoms with van der Waals surface area (Å²) in [6.45, 7) is 7.71. The minimum Gasteiger partial charge on any atom is -0.331 e. The monoisotopic (exact) mass is 168 g/mol. The molecule has 1 saturated carbocycles. The molecule has 1 heteroatoms. The SMILES string of the molecule is C=C1C[C@@H](C[N+](C)(C)C)C[C@@H]1C. The number of allylic oxidation sites excluding steroid dienone is 1. The Morgan fingerprint density at radius 1 is 1.42 bits per heavy atom. The molecule has 0 amide bonds. The minimum atomic E-state index is 0.765. The Labute approximate surface area is 76.7 Å². The van der Waals surface area contributed by atoms with Crippen LogP contribution in [0.1, 0.15) is 19.8 Å². The second-order valence-corrected chi connectivity index (χ2v) is 5.34. The quantitative estimate of drug-likeness (QED) is 0.438. The molecule has 2 atom stereocenters. The van der Waals surface area contributed by atoms with Crippen LogP contribution in [0.25, 0.3) is 0 Å². The van der Waals surface area contributed by atoms with Gasteiger partial charge in [0.1, 0.15) is 0 Å². The Hall–Kier alpha value is -0.300. The maximum absolute atomic E-state index is 4.11. The summed E-state index contributed by atoms with van der Waals surface area (Å²) >= 11 is 0. The highest BCUT2D eigenvalue weighted by Crippen LogP contribution is 2.34. The summed E-state index contributed by atoms with van der Waals surface area (Å²) in [6.07, 6.45) is 2.62. The Kier molecular flexibility index (Phi) is 2.62. The van der Waals surface area contributed by atoms with E-state index in [1.54, 1.807) is 0 Å². The molecule has 1 aliphatic rings. The van der Waals surface area contributed by atoms with Gasteiger partial charge in [0.05, 0.1) is 27.7 Å². The van der Waals surface area contributed by atoms with Crippen LogP contribution in [-0.4, -0.2) is 32.2 Å². The predicted molar refractivity (Wildman–Crippen MR) is 53.9 cm³/mol. The summed E-state index contributed by atoms with van der Waals surface area (Å²) in [5.74, 6) is 1.65. The summed E-state index contributed by atoms with van der Waals surface area (Å²) < 4.78 is 1.09. The second-order valence-electron chi connectivity index (χ2n) is 5.34. The van der Waals surface area contributed by atoms with E-state index in [1.807, 2.05) is 0 Å². The van der Waals surface area contributed by atoms with Gasteiger partial charge in [0.15, 0.2) is 0 Å².